The van der Waals surface area contributed by atoms with Crippen molar-refractivity contribution in [3.05, 3.63) is 57.6 Å². The molecule has 1 atom stereocenters. The number of rotatable bonds is 6. The average molecular weight is 437 g/mol. The zero-order valence-electron chi connectivity index (χ0n) is 16.2. The molecule has 1 heterocycles. The molecule has 0 spiro atoms. The Hall–Kier alpha value is -2.44. The average Bonchev–Trinajstić information content (AvgIpc) is 3.22. The fourth-order valence-corrected chi connectivity index (χ4v) is 3.78. The summed E-state index contributed by atoms with van der Waals surface area (Å²) in [6.45, 7) is 0.523. The molecule has 2 aromatic rings. The summed E-state index contributed by atoms with van der Waals surface area (Å²) in [6, 6.07) is 10.1. The van der Waals surface area contributed by atoms with Crippen LogP contribution in [0.2, 0.25) is 10.0 Å². The standard InChI is InChI=1S/C21H22Cl2N2O4/c1-28-14-6-7-15(19(11-14)29-2)18-4-3-9-25(18)20(26)12-24-21(27)13-5-8-16(22)17(23)10-13/h5-8,10-11,18H,3-4,9,12H2,1-2H3,(H,24,27)/t18-/m1/s1. The van der Waals surface area contributed by atoms with Crippen molar-refractivity contribution in [3.63, 3.8) is 0 Å². The van der Waals surface area contributed by atoms with Crippen LogP contribution in [0.15, 0.2) is 36.4 Å². The lowest BCUT2D eigenvalue weighted by atomic mass is 10.0. The van der Waals surface area contributed by atoms with E-state index in [2.05, 4.69) is 5.32 Å². The minimum Gasteiger partial charge on any atom is -0.497 e. The van der Waals surface area contributed by atoms with Gasteiger partial charge in [0.25, 0.3) is 5.91 Å². The molecule has 1 fully saturated rings. The highest BCUT2D eigenvalue weighted by atomic mass is 35.5. The largest absolute Gasteiger partial charge is 0.497 e. The van der Waals surface area contributed by atoms with Gasteiger partial charge in [-0.3, -0.25) is 9.59 Å². The van der Waals surface area contributed by atoms with Gasteiger partial charge in [0.05, 0.1) is 36.9 Å². The summed E-state index contributed by atoms with van der Waals surface area (Å²) in [5.41, 5.74) is 1.27. The maximum absolute atomic E-state index is 12.8. The van der Waals surface area contributed by atoms with Gasteiger partial charge in [0.2, 0.25) is 5.91 Å². The topological polar surface area (TPSA) is 67.9 Å². The Bertz CT molecular complexity index is 920. The molecule has 8 heteroatoms. The van der Waals surface area contributed by atoms with E-state index in [1.165, 1.54) is 6.07 Å². The van der Waals surface area contributed by atoms with Crippen molar-refractivity contribution < 1.29 is 19.1 Å². The number of amides is 2. The molecular formula is C21H22Cl2N2O4. The third kappa shape index (κ3) is 4.77. The van der Waals surface area contributed by atoms with Crippen molar-refractivity contribution in [2.75, 3.05) is 27.3 Å². The van der Waals surface area contributed by atoms with E-state index in [1.807, 2.05) is 18.2 Å². The highest BCUT2D eigenvalue weighted by Gasteiger charge is 2.32. The van der Waals surface area contributed by atoms with Crippen LogP contribution in [-0.4, -0.2) is 44.0 Å². The van der Waals surface area contributed by atoms with Crippen LogP contribution in [-0.2, 0) is 4.79 Å². The van der Waals surface area contributed by atoms with Crippen molar-refractivity contribution >= 4 is 35.0 Å². The van der Waals surface area contributed by atoms with Gasteiger partial charge in [-0.25, -0.2) is 0 Å². The first-order valence-electron chi connectivity index (χ1n) is 9.19. The number of nitrogens with one attached hydrogen (secondary N) is 1. The van der Waals surface area contributed by atoms with E-state index in [0.29, 0.717) is 28.6 Å². The summed E-state index contributed by atoms with van der Waals surface area (Å²) in [6.07, 6.45) is 1.71. The van der Waals surface area contributed by atoms with Gasteiger partial charge < -0.3 is 19.7 Å². The van der Waals surface area contributed by atoms with Crippen LogP contribution in [0.1, 0.15) is 34.8 Å². The lowest BCUT2D eigenvalue weighted by Crippen LogP contribution is -2.39. The van der Waals surface area contributed by atoms with Crippen LogP contribution < -0.4 is 14.8 Å². The first-order valence-corrected chi connectivity index (χ1v) is 9.95. The second-order valence-electron chi connectivity index (χ2n) is 6.66. The molecule has 0 bridgehead atoms. The van der Waals surface area contributed by atoms with Crippen LogP contribution in [0.5, 0.6) is 11.5 Å². The Labute approximate surface area is 179 Å². The van der Waals surface area contributed by atoms with Crippen LogP contribution in [0.4, 0.5) is 0 Å². The maximum atomic E-state index is 12.8. The van der Waals surface area contributed by atoms with Crippen LogP contribution in [0.3, 0.4) is 0 Å². The van der Waals surface area contributed by atoms with Gasteiger partial charge in [-0.15, -0.1) is 0 Å². The Kier molecular flexibility index (Phi) is 6.87. The van der Waals surface area contributed by atoms with Crippen molar-refractivity contribution in [1.29, 1.82) is 0 Å². The second kappa shape index (κ2) is 9.37. The first-order chi connectivity index (χ1) is 13.9. The SMILES string of the molecule is COc1ccc([C@H]2CCCN2C(=O)CNC(=O)c2ccc(Cl)c(Cl)c2)c(OC)c1. The number of hydrogen-bond donors (Lipinski definition) is 1. The van der Waals surface area contributed by atoms with Gasteiger partial charge in [-0.1, -0.05) is 23.2 Å². The lowest BCUT2D eigenvalue weighted by Gasteiger charge is -2.26. The molecule has 29 heavy (non-hydrogen) atoms. The molecule has 0 unspecified atom stereocenters. The van der Waals surface area contributed by atoms with Crippen molar-refractivity contribution in [2.45, 2.75) is 18.9 Å². The number of halogens is 2. The number of hydrogen-bond acceptors (Lipinski definition) is 4. The number of benzene rings is 2. The van der Waals surface area contributed by atoms with Crippen LogP contribution >= 0.6 is 23.2 Å². The third-order valence-corrected chi connectivity index (χ3v) is 5.69. The smallest absolute Gasteiger partial charge is 0.251 e. The van der Waals surface area contributed by atoms with Crippen molar-refractivity contribution in [2.24, 2.45) is 0 Å². The summed E-state index contributed by atoms with van der Waals surface area (Å²) >= 11 is 11.8. The summed E-state index contributed by atoms with van der Waals surface area (Å²) in [4.78, 5) is 26.9. The van der Waals surface area contributed by atoms with Gasteiger partial charge in [-0.05, 0) is 43.2 Å². The van der Waals surface area contributed by atoms with Crippen molar-refractivity contribution in [1.82, 2.24) is 10.2 Å². The number of carbonyl (C=O) groups excluding carboxylic acids is 2. The van der Waals surface area contributed by atoms with E-state index >= 15 is 0 Å². The molecule has 2 aromatic carbocycles. The molecule has 6 nitrogen and oxygen atoms in total. The van der Waals surface area contributed by atoms with E-state index in [4.69, 9.17) is 32.7 Å². The number of carbonyl (C=O) groups is 2. The van der Waals surface area contributed by atoms with E-state index in [9.17, 15) is 9.59 Å². The van der Waals surface area contributed by atoms with Gasteiger partial charge in [0.1, 0.15) is 11.5 Å². The molecule has 0 aromatic heterocycles. The second-order valence-corrected chi connectivity index (χ2v) is 7.48. The highest BCUT2D eigenvalue weighted by Crippen LogP contribution is 2.38. The predicted molar refractivity (Wildman–Crippen MR) is 112 cm³/mol. The van der Waals surface area contributed by atoms with Gasteiger partial charge in [0, 0.05) is 23.7 Å². The minimum atomic E-state index is -0.380. The lowest BCUT2D eigenvalue weighted by molar-refractivity contribution is -0.131. The molecule has 1 aliphatic heterocycles. The monoisotopic (exact) mass is 436 g/mol. The van der Waals surface area contributed by atoms with E-state index < -0.39 is 0 Å². The first kappa shape index (κ1) is 21.3. The molecule has 1 N–H and O–H groups in total. The number of likely N-dealkylation sites (tertiary alicyclic amines) is 1. The van der Waals surface area contributed by atoms with Gasteiger partial charge in [-0.2, -0.15) is 0 Å². The zero-order valence-corrected chi connectivity index (χ0v) is 17.7. The quantitative estimate of drug-likeness (QED) is 0.739. The third-order valence-electron chi connectivity index (χ3n) is 4.95. The minimum absolute atomic E-state index is 0.103. The molecule has 3 rings (SSSR count). The van der Waals surface area contributed by atoms with E-state index in [-0.39, 0.29) is 29.4 Å². The molecule has 1 aliphatic rings. The Morgan fingerprint density at radius 2 is 1.90 bits per heavy atom. The number of nitrogens with zero attached hydrogens (tertiary/aromatic N) is 1. The van der Waals surface area contributed by atoms with E-state index in [0.717, 1.165) is 18.4 Å². The normalized spacial score (nSPS) is 15.9. The Morgan fingerprint density at radius 1 is 1.10 bits per heavy atom. The molecule has 154 valence electrons. The van der Waals surface area contributed by atoms with Crippen molar-refractivity contribution in [3.8, 4) is 11.5 Å². The summed E-state index contributed by atoms with van der Waals surface area (Å²) < 4.78 is 10.7. The number of methoxy groups -OCH3 is 2. The zero-order chi connectivity index (χ0) is 21.0. The fourth-order valence-electron chi connectivity index (χ4n) is 3.48. The summed E-state index contributed by atoms with van der Waals surface area (Å²) in [5.74, 6) is 0.831. The molecule has 0 aliphatic carbocycles. The molecule has 0 radical (unpaired) electrons. The van der Waals surface area contributed by atoms with Gasteiger partial charge >= 0.3 is 0 Å². The predicted octanol–water partition coefficient (Wildman–Crippen LogP) is 4.10. The Morgan fingerprint density at radius 3 is 2.59 bits per heavy atom. The fraction of sp³-hybridized carbons (Fsp3) is 0.333. The Balaban J connectivity index is 1.68. The number of ether oxygens (including phenoxy) is 2. The molecule has 0 saturated carbocycles. The maximum Gasteiger partial charge on any atom is 0.251 e. The molecule has 1 saturated heterocycles. The molecule has 2 amide bonds. The van der Waals surface area contributed by atoms with Crippen LogP contribution in [0.25, 0.3) is 0 Å². The summed E-state index contributed by atoms with van der Waals surface area (Å²) in [7, 11) is 3.19. The molecular weight excluding hydrogens is 415 g/mol. The van der Waals surface area contributed by atoms with E-state index in [1.54, 1.807) is 31.3 Å². The summed E-state index contributed by atoms with van der Waals surface area (Å²) in [5, 5.41) is 3.31. The van der Waals surface area contributed by atoms with Gasteiger partial charge in [0.15, 0.2) is 0 Å². The van der Waals surface area contributed by atoms with Crippen LogP contribution in [0, 0.1) is 0 Å². The highest BCUT2D eigenvalue weighted by molar-refractivity contribution is 6.42.